The van der Waals surface area contributed by atoms with Crippen molar-refractivity contribution in [3.63, 3.8) is 0 Å². The van der Waals surface area contributed by atoms with Crippen LogP contribution in [0.25, 0.3) is 0 Å². The van der Waals surface area contributed by atoms with Gasteiger partial charge in [0, 0.05) is 29.9 Å². The molecule has 1 atom stereocenters. The number of hydrogen-bond acceptors (Lipinski definition) is 4. The molecule has 2 aromatic rings. The maximum Gasteiger partial charge on any atom is 0.251 e. The molecule has 6 heteroatoms. The molecule has 1 saturated heterocycles. The molecule has 1 fully saturated rings. The molecule has 0 saturated carbocycles. The van der Waals surface area contributed by atoms with Gasteiger partial charge in [0.1, 0.15) is 0 Å². The number of pyridine rings is 1. The number of amides is 1. The van der Waals surface area contributed by atoms with Crippen molar-refractivity contribution in [1.82, 2.24) is 10.3 Å². The number of aromatic nitrogens is 1. The minimum atomic E-state index is -3.00. The van der Waals surface area contributed by atoms with E-state index in [-0.39, 0.29) is 23.5 Å². The maximum absolute atomic E-state index is 12.3. The van der Waals surface area contributed by atoms with E-state index in [2.05, 4.69) is 10.3 Å². The summed E-state index contributed by atoms with van der Waals surface area (Å²) in [5, 5.41) is 2.80. The SMILES string of the molecule is O=C(N[C@H]1CCS(=O)(=O)C1)c1ccnc(Cc2ccccc2)c1. The van der Waals surface area contributed by atoms with Crippen LogP contribution < -0.4 is 5.32 Å². The molecule has 1 aromatic carbocycles. The molecule has 0 radical (unpaired) electrons. The van der Waals surface area contributed by atoms with Crippen molar-refractivity contribution in [2.45, 2.75) is 18.9 Å². The lowest BCUT2D eigenvalue weighted by Gasteiger charge is -2.11. The fourth-order valence-corrected chi connectivity index (χ4v) is 4.37. The summed E-state index contributed by atoms with van der Waals surface area (Å²) in [4.78, 5) is 16.6. The molecular weight excluding hydrogens is 312 g/mol. The zero-order valence-electron chi connectivity index (χ0n) is 12.6. The Balaban J connectivity index is 1.68. The maximum atomic E-state index is 12.3. The molecule has 0 unspecified atom stereocenters. The van der Waals surface area contributed by atoms with Crippen LogP contribution in [0.15, 0.2) is 48.7 Å². The van der Waals surface area contributed by atoms with E-state index < -0.39 is 9.84 Å². The zero-order chi connectivity index (χ0) is 16.3. The molecule has 120 valence electrons. The monoisotopic (exact) mass is 330 g/mol. The third-order valence-corrected chi connectivity index (χ3v) is 5.64. The van der Waals surface area contributed by atoms with E-state index >= 15 is 0 Å². The lowest BCUT2D eigenvalue weighted by atomic mass is 10.1. The molecule has 23 heavy (non-hydrogen) atoms. The molecule has 2 heterocycles. The van der Waals surface area contributed by atoms with Gasteiger partial charge in [-0.05, 0) is 24.1 Å². The van der Waals surface area contributed by atoms with Crippen LogP contribution in [0, 0.1) is 0 Å². The molecule has 1 amide bonds. The highest BCUT2D eigenvalue weighted by molar-refractivity contribution is 7.91. The quantitative estimate of drug-likeness (QED) is 0.923. The molecule has 0 aliphatic carbocycles. The number of rotatable bonds is 4. The lowest BCUT2D eigenvalue weighted by Crippen LogP contribution is -2.35. The summed E-state index contributed by atoms with van der Waals surface area (Å²) in [7, 11) is -3.00. The van der Waals surface area contributed by atoms with Gasteiger partial charge >= 0.3 is 0 Å². The highest BCUT2D eigenvalue weighted by atomic mass is 32.2. The Bertz CT molecular complexity index is 804. The van der Waals surface area contributed by atoms with Gasteiger partial charge in [0.25, 0.3) is 5.91 Å². The van der Waals surface area contributed by atoms with Crippen LogP contribution in [0.3, 0.4) is 0 Å². The van der Waals surface area contributed by atoms with E-state index in [4.69, 9.17) is 0 Å². The molecule has 5 nitrogen and oxygen atoms in total. The summed E-state index contributed by atoms with van der Waals surface area (Å²) < 4.78 is 22.9. The average molecular weight is 330 g/mol. The van der Waals surface area contributed by atoms with E-state index in [0.717, 1.165) is 11.3 Å². The van der Waals surface area contributed by atoms with Crippen molar-refractivity contribution >= 4 is 15.7 Å². The molecular formula is C17H18N2O3S. The summed E-state index contributed by atoms with van der Waals surface area (Å²) in [6, 6.07) is 13.0. The van der Waals surface area contributed by atoms with Crippen molar-refractivity contribution in [2.24, 2.45) is 0 Å². The standard InChI is InChI=1S/C17H18N2O3S/c20-17(19-15-7-9-23(21,22)12-15)14-6-8-18-16(11-14)10-13-4-2-1-3-5-13/h1-6,8,11,15H,7,9-10,12H2,(H,19,20)/t15-/m0/s1. The summed E-state index contributed by atoms with van der Waals surface area (Å²) in [6.07, 6.45) is 2.74. The number of hydrogen-bond donors (Lipinski definition) is 1. The summed E-state index contributed by atoms with van der Waals surface area (Å²) in [6.45, 7) is 0. The summed E-state index contributed by atoms with van der Waals surface area (Å²) >= 11 is 0. The van der Waals surface area contributed by atoms with Gasteiger partial charge < -0.3 is 5.32 Å². The predicted octanol–water partition coefficient (Wildman–Crippen LogP) is 1.59. The Morgan fingerprint density at radius 1 is 1.22 bits per heavy atom. The number of sulfone groups is 1. The zero-order valence-corrected chi connectivity index (χ0v) is 13.4. The second kappa shape index (κ2) is 6.50. The van der Waals surface area contributed by atoms with E-state index in [0.29, 0.717) is 18.4 Å². The largest absolute Gasteiger partial charge is 0.348 e. The predicted molar refractivity (Wildman–Crippen MR) is 88.0 cm³/mol. The van der Waals surface area contributed by atoms with Crippen LogP contribution in [0.5, 0.6) is 0 Å². The molecule has 1 aliphatic rings. The van der Waals surface area contributed by atoms with Crippen molar-refractivity contribution in [1.29, 1.82) is 0 Å². The van der Waals surface area contributed by atoms with Crippen molar-refractivity contribution in [3.8, 4) is 0 Å². The highest BCUT2D eigenvalue weighted by Crippen LogP contribution is 2.13. The molecule has 0 bridgehead atoms. The number of nitrogens with zero attached hydrogens (tertiary/aromatic N) is 1. The van der Waals surface area contributed by atoms with Crippen LogP contribution in [0.2, 0.25) is 0 Å². The summed E-state index contributed by atoms with van der Waals surface area (Å²) in [5.74, 6) is -0.0716. The number of benzene rings is 1. The number of nitrogens with one attached hydrogen (secondary N) is 1. The van der Waals surface area contributed by atoms with Gasteiger partial charge in [-0.25, -0.2) is 8.42 Å². The van der Waals surface area contributed by atoms with Crippen LogP contribution >= 0.6 is 0 Å². The fourth-order valence-electron chi connectivity index (χ4n) is 2.70. The van der Waals surface area contributed by atoms with Crippen molar-refractivity contribution in [2.75, 3.05) is 11.5 Å². The normalized spacial score (nSPS) is 19.4. The first-order valence-corrected chi connectivity index (χ1v) is 9.34. The Kier molecular flexibility index (Phi) is 4.43. The smallest absolute Gasteiger partial charge is 0.251 e. The van der Waals surface area contributed by atoms with E-state index in [1.165, 1.54) is 0 Å². The highest BCUT2D eigenvalue weighted by Gasteiger charge is 2.29. The Morgan fingerprint density at radius 3 is 2.70 bits per heavy atom. The van der Waals surface area contributed by atoms with Crippen molar-refractivity contribution < 1.29 is 13.2 Å². The van der Waals surface area contributed by atoms with E-state index in [9.17, 15) is 13.2 Å². The van der Waals surface area contributed by atoms with Crippen LogP contribution in [-0.2, 0) is 16.3 Å². The first-order chi connectivity index (χ1) is 11.0. The second-order valence-corrected chi connectivity index (χ2v) is 8.00. The van der Waals surface area contributed by atoms with E-state index in [1.54, 1.807) is 18.3 Å². The van der Waals surface area contributed by atoms with Crippen LogP contribution in [0.4, 0.5) is 0 Å². The van der Waals surface area contributed by atoms with Gasteiger partial charge in [-0.15, -0.1) is 0 Å². The Morgan fingerprint density at radius 2 is 2.00 bits per heavy atom. The Labute approximate surface area is 135 Å². The molecule has 1 aliphatic heterocycles. The molecule has 1 N–H and O–H groups in total. The average Bonchev–Trinajstić information content (AvgIpc) is 2.87. The van der Waals surface area contributed by atoms with Gasteiger partial charge in [0.15, 0.2) is 9.84 Å². The topological polar surface area (TPSA) is 76.1 Å². The molecule has 1 aromatic heterocycles. The third-order valence-electron chi connectivity index (χ3n) is 3.87. The van der Waals surface area contributed by atoms with Gasteiger partial charge in [-0.2, -0.15) is 0 Å². The minimum absolute atomic E-state index is 0.0285. The fraction of sp³-hybridized carbons (Fsp3) is 0.294. The summed E-state index contributed by atoms with van der Waals surface area (Å²) in [5.41, 5.74) is 2.44. The first kappa shape index (κ1) is 15.7. The first-order valence-electron chi connectivity index (χ1n) is 7.52. The van der Waals surface area contributed by atoms with Gasteiger partial charge in [-0.3, -0.25) is 9.78 Å². The second-order valence-electron chi connectivity index (χ2n) is 5.77. The Hall–Kier alpha value is -2.21. The number of carbonyl (C=O) groups excluding carboxylic acids is 1. The lowest BCUT2D eigenvalue weighted by molar-refractivity contribution is 0.0941. The van der Waals surface area contributed by atoms with Gasteiger partial charge in [0.05, 0.1) is 11.5 Å². The number of carbonyl (C=O) groups is 1. The van der Waals surface area contributed by atoms with Crippen LogP contribution in [0.1, 0.15) is 28.0 Å². The van der Waals surface area contributed by atoms with Gasteiger partial charge in [-0.1, -0.05) is 30.3 Å². The minimum Gasteiger partial charge on any atom is -0.348 e. The van der Waals surface area contributed by atoms with Crippen molar-refractivity contribution in [3.05, 3.63) is 65.5 Å². The van der Waals surface area contributed by atoms with Gasteiger partial charge in [0.2, 0.25) is 0 Å². The van der Waals surface area contributed by atoms with Crippen LogP contribution in [-0.4, -0.2) is 36.9 Å². The third kappa shape index (κ3) is 4.16. The van der Waals surface area contributed by atoms with E-state index in [1.807, 2.05) is 30.3 Å². The molecule has 0 spiro atoms. The molecule has 3 rings (SSSR count).